The summed E-state index contributed by atoms with van der Waals surface area (Å²) < 4.78 is 6.90. The van der Waals surface area contributed by atoms with Crippen LogP contribution in [0.25, 0.3) is 11.0 Å². The van der Waals surface area contributed by atoms with Crippen LogP contribution in [0, 0.1) is 20.8 Å². The van der Waals surface area contributed by atoms with Crippen molar-refractivity contribution in [1.82, 2.24) is 4.90 Å². The second-order valence-electron chi connectivity index (χ2n) is 5.92. The van der Waals surface area contributed by atoms with E-state index in [0.29, 0.717) is 5.76 Å². The van der Waals surface area contributed by atoms with Gasteiger partial charge in [0.2, 0.25) is 0 Å². The molecular formula is C17H20BrNO2. The number of benzene rings is 1. The molecular weight excluding hydrogens is 330 g/mol. The molecule has 0 saturated carbocycles. The lowest BCUT2D eigenvalue weighted by atomic mass is 10.0. The molecule has 0 N–H and O–H groups in total. The molecule has 0 atom stereocenters. The largest absolute Gasteiger partial charge is 0.449 e. The number of hydrogen-bond donors (Lipinski definition) is 0. The summed E-state index contributed by atoms with van der Waals surface area (Å²) in [6.07, 6.45) is 3.40. The minimum absolute atomic E-state index is 0.0330. The zero-order chi connectivity index (χ0) is 15.1. The molecule has 0 radical (unpaired) electrons. The molecule has 0 spiro atoms. The van der Waals surface area contributed by atoms with Crippen LogP contribution in [0.4, 0.5) is 0 Å². The summed E-state index contributed by atoms with van der Waals surface area (Å²) in [7, 11) is 0. The highest BCUT2D eigenvalue weighted by molar-refractivity contribution is 9.10. The van der Waals surface area contributed by atoms with Gasteiger partial charge in [-0.3, -0.25) is 4.79 Å². The maximum Gasteiger partial charge on any atom is 0.289 e. The van der Waals surface area contributed by atoms with Crippen LogP contribution in [0.15, 0.2) is 15.0 Å². The van der Waals surface area contributed by atoms with Gasteiger partial charge in [-0.05, 0) is 73.2 Å². The summed E-state index contributed by atoms with van der Waals surface area (Å²) in [6, 6.07) is 2.11. The first-order chi connectivity index (χ1) is 10.0. The summed E-state index contributed by atoms with van der Waals surface area (Å²) >= 11 is 3.61. The smallest absolute Gasteiger partial charge is 0.289 e. The number of furan rings is 1. The second-order valence-corrected chi connectivity index (χ2v) is 6.71. The number of amides is 1. The second kappa shape index (κ2) is 5.48. The topological polar surface area (TPSA) is 33.5 Å². The summed E-state index contributed by atoms with van der Waals surface area (Å²) in [5.41, 5.74) is 4.10. The van der Waals surface area contributed by atoms with E-state index in [1.165, 1.54) is 12.0 Å². The van der Waals surface area contributed by atoms with E-state index in [-0.39, 0.29) is 5.91 Å². The molecule has 1 saturated heterocycles. The van der Waals surface area contributed by atoms with Gasteiger partial charge in [-0.2, -0.15) is 0 Å². The van der Waals surface area contributed by atoms with Gasteiger partial charge in [-0.1, -0.05) is 0 Å². The number of aryl methyl sites for hydroxylation is 2. The molecule has 1 aromatic carbocycles. The predicted octanol–water partition coefficient (Wildman–Crippen LogP) is 4.75. The van der Waals surface area contributed by atoms with Gasteiger partial charge in [0.05, 0.1) is 4.47 Å². The van der Waals surface area contributed by atoms with Crippen molar-refractivity contribution in [1.29, 1.82) is 0 Å². The van der Waals surface area contributed by atoms with Gasteiger partial charge < -0.3 is 9.32 Å². The Morgan fingerprint density at radius 1 is 1.14 bits per heavy atom. The maximum absolute atomic E-state index is 12.7. The van der Waals surface area contributed by atoms with Crippen LogP contribution in [0.2, 0.25) is 0 Å². The molecule has 0 unspecified atom stereocenters. The lowest BCUT2D eigenvalue weighted by Crippen LogP contribution is -2.35. The van der Waals surface area contributed by atoms with Crippen molar-refractivity contribution in [2.45, 2.75) is 40.0 Å². The molecule has 2 heterocycles. The van der Waals surface area contributed by atoms with Crippen LogP contribution >= 0.6 is 15.9 Å². The van der Waals surface area contributed by atoms with E-state index in [9.17, 15) is 4.79 Å². The number of likely N-dealkylation sites (tertiary alicyclic amines) is 1. The van der Waals surface area contributed by atoms with E-state index in [1.54, 1.807) is 0 Å². The highest BCUT2D eigenvalue weighted by atomic mass is 79.9. The average Bonchev–Trinajstić information content (AvgIpc) is 2.82. The van der Waals surface area contributed by atoms with Crippen LogP contribution < -0.4 is 0 Å². The molecule has 0 bridgehead atoms. The van der Waals surface area contributed by atoms with Crippen molar-refractivity contribution in [3.05, 3.63) is 33.0 Å². The van der Waals surface area contributed by atoms with Crippen molar-refractivity contribution in [3.63, 3.8) is 0 Å². The first-order valence-electron chi connectivity index (χ1n) is 7.48. The fraction of sp³-hybridized carbons (Fsp3) is 0.471. The summed E-state index contributed by atoms with van der Waals surface area (Å²) in [4.78, 5) is 14.6. The summed E-state index contributed by atoms with van der Waals surface area (Å²) in [6.45, 7) is 7.80. The fourth-order valence-corrected chi connectivity index (χ4v) is 3.58. The van der Waals surface area contributed by atoms with Gasteiger partial charge in [-0.15, -0.1) is 0 Å². The monoisotopic (exact) mass is 349 g/mol. The Morgan fingerprint density at radius 2 is 1.81 bits per heavy atom. The van der Waals surface area contributed by atoms with E-state index >= 15 is 0 Å². The molecule has 1 aliphatic heterocycles. The lowest BCUT2D eigenvalue weighted by Gasteiger charge is -2.25. The zero-order valence-electron chi connectivity index (χ0n) is 12.8. The molecule has 0 aliphatic carbocycles. The Balaban J connectivity index is 2.09. The zero-order valence-corrected chi connectivity index (χ0v) is 14.3. The number of carbonyl (C=O) groups is 1. The minimum Gasteiger partial charge on any atom is -0.449 e. The quantitative estimate of drug-likeness (QED) is 0.744. The number of halogens is 1. The third-order valence-corrected chi connectivity index (χ3v) is 5.47. The van der Waals surface area contributed by atoms with Crippen LogP contribution in [0.1, 0.15) is 46.5 Å². The van der Waals surface area contributed by atoms with Gasteiger partial charge >= 0.3 is 0 Å². The Kier molecular flexibility index (Phi) is 3.82. The Hall–Kier alpha value is -1.29. The Bertz CT molecular complexity index is 711. The first kappa shape index (κ1) is 14.6. The molecule has 21 heavy (non-hydrogen) atoms. The standard InChI is InChI=1S/C17H20BrNO2/c1-10-9-13-12(3)15(21-16(13)14(18)11(10)2)17(20)19-7-5-4-6-8-19/h9H,4-8H2,1-3H3. The normalized spacial score (nSPS) is 15.7. The predicted molar refractivity (Wildman–Crippen MR) is 87.9 cm³/mol. The summed E-state index contributed by atoms with van der Waals surface area (Å²) in [5, 5.41) is 1.03. The van der Waals surface area contributed by atoms with Crippen molar-refractivity contribution >= 4 is 32.8 Å². The third kappa shape index (κ3) is 2.39. The van der Waals surface area contributed by atoms with Crippen molar-refractivity contribution in [3.8, 4) is 0 Å². The van der Waals surface area contributed by atoms with E-state index < -0.39 is 0 Å². The third-order valence-electron chi connectivity index (χ3n) is 4.51. The fourth-order valence-electron chi connectivity index (χ4n) is 2.98. The van der Waals surface area contributed by atoms with E-state index in [0.717, 1.165) is 52.5 Å². The van der Waals surface area contributed by atoms with E-state index in [1.807, 2.05) is 11.8 Å². The van der Waals surface area contributed by atoms with E-state index in [4.69, 9.17) is 4.42 Å². The van der Waals surface area contributed by atoms with Crippen molar-refractivity contribution in [2.75, 3.05) is 13.1 Å². The molecule has 2 aromatic rings. The molecule has 3 rings (SSSR count). The highest BCUT2D eigenvalue weighted by Gasteiger charge is 2.25. The molecule has 4 heteroatoms. The van der Waals surface area contributed by atoms with Crippen LogP contribution in [0.3, 0.4) is 0 Å². The van der Waals surface area contributed by atoms with Crippen LogP contribution in [0.5, 0.6) is 0 Å². The van der Waals surface area contributed by atoms with Crippen LogP contribution in [-0.4, -0.2) is 23.9 Å². The molecule has 1 amide bonds. The number of fused-ring (bicyclic) bond motifs is 1. The molecule has 3 nitrogen and oxygen atoms in total. The molecule has 1 aromatic heterocycles. The van der Waals surface area contributed by atoms with Gasteiger partial charge in [0.15, 0.2) is 5.76 Å². The molecule has 112 valence electrons. The SMILES string of the molecule is Cc1cc2c(C)c(C(=O)N3CCCCC3)oc2c(Br)c1C. The molecule has 1 fully saturated rings. The van der Waals surface area contributed by atoms with Gasteiger partial charge in [0.1, 0.15) is 5.58 Å². The van der Waals surface area contributed by atoms with E-state index in [2.05, 4.69) is 35.8 Å². The molecule has 1 aliphatic rings. The minimum atomic E-state index is 0.0330. The first-order valence-corrected chi connectivity index (χ1v) is 8.28. The van der Waals surface area contributed by atoms with Crippen molar-refractivity contribution in [2.24, 2.45) is 0 Å². The Morgan fingerprint density at radius 3 is 2.48 bits per heavy atom. The van der Waals surface area contributed by atoms with Crippen LogP contribution in [-0.2, 0) is 0 Å². The lowest BCUT2D eigenvalue weighted by molar-refractivity contribution is 0.0693. The number of carbonyl (C=O) groups excluding carboxylic acids is 1. The number of piperidine rings is 1. The number of nitrogens with zero attached hydrogens (tertiary/aromatic N) is 1. The maximum atomic E-state index is 12.7. The number of hydrogen-bond acceptors (Lipinski definition) is 2. The highest BCUT2D eigenvalue weighted by Crippen LogP contribution is 2.35. The van der Waals surface area contributed by atoms with Gasteiger partial charge in [0, 0.05) is 24.0 Å². The van der Waals surface area contributed by atoms with Gasteiger partial charge in [0.25, 0.3) is 5.91 Å². The van der Waals surface area contributed by atoms with Crippen molar-refractivity contribution < 1.29 is 9.21 Å². The Labute approximate surface area is 133 Å². The van der Waals surface area contributed by atoms with Gasteiger partial charge in [-0.25, -0.2) is 0 Å². The number of rotatable bonds is 1. The average molecular weight is 350 g/mol. The summed E-state index contributed by atoms with van der Waals surface area (Å²) in [5.74, 6) is 0.531.